The van der Waals surface area contributed by atoms with Gasteiger partial charge < -0.3 is 9.47 Å². The van der Waals surface area contributed by atoms with E-state index in [9.17, 15) is 9.18 Å². The molecule has 0 aliphatic heterocycles. The summed E-state index contributed by atoms with van der Waals surface area (Å²) in [5.41, 5.74) is 2.09. The van der Waals surface area contributed by atoms with E-state index in [1.807, 2.05) is 6.92 Å². The van der Waals surface area contributed by atoms with E-state index in [-0.39, 0.29) is 24.3 Å². The molecule has 0 atom stereocenters. The van der Waals surface area contributed by atoms with Crippen LogP contribution >= 0.6 is 0 Å². The molecule has 0 radical (unpaired) electrons. The van der Waals surface area contributed by atoms with Crippen LogP contribution in [0.1, 0.15) is 23.6 Å². The summed E-state index contributed by atoms with van der Waals surface area (Å²) in [7, 11) is 0. The summed E-state index contributed by atoms with van der Waals surface area (Å²) in [6.45, 7) is 12.6. The summed E-state index contributed by atoms with van der Waals surface area (Å²) in [5, 5.41) is 0. The van der Waals surface area contributed by atoms with Crippen LogP contribution in [0.25, 0.3) is 4.85 Å². The molecule has 2 rings (SSSR count). The second kappa shape index (κ2) is 7.60. The Morgan fingerprint density at radius 1 is 1.25 bits per heavy atom. The van der Waals surface area contributed by atoms with Crippen LogP contribution in [-0.4, -0.2) is 12.6 Å². The summed E-state index contributed by atoms with van der Waals surface area (Å²) in [4.78, 5) is 15.0. The molecular weight excluding hydrogens is 309 g/mol. The normalized spacial score (nSPS) is 10.1. The standard InChI is InChI=1S/C19H18FNO3/c1-5-23-17(22)10-14-7-6-13(3)19(18(14)20)24-16-9-12(2)8-15(11-16)21-4/h6-9,11H,5,10H2,1-3H3. The van der Waals surface area contributed by atoms with E-state index in [0.717, 1.165) is 5.56 Å². The summed E-state index contributed by atoms with van der Waals surface area (Å²) in [5.74, 6) is -0.638. The van der Waals surface area contributed by atoms with E-state index >= 15 is 0 Å². The van der Waals surface area contributed by atoms with E-state index in [1.54, 1.807) is 44.2 Å². The molecule has 0 spiro atoms. The van der Waals surface area contributed by atoms with Crippen LogP contribution in [0.4, 0.5) is 10.1 Å². The van der Waals surface area contributed by atoms with Crippen molar-refractivity contribution in [2.45, 2.75) is 27.2 Å². The number of benzene rings is 2. The van der Waals surface area contributed by atoms with Gasteiger partial charge in [0.15, 0.2) is 17.3 Å². The maximum Gasteiger partial charge on any atom is 0.310 e. The van der Waals surface area contributed by atoms with Gasteiger partial charge in [-0.15, -0.1) is 0 Å². The highest BCUT2D eigenvalue weighted by Gasteiger charge is 2.17. The smallest absolute Gasteiger partial charge is 0.310 e. The van der Waals surface area contributed by atoms with E-state index < -0.39 is 11.8 Å². The number of halogens is 1. The summed E-state index contributed by atoms with van der Waals surface area (Å²) < 4.78 is 25.2. The van der Waals surface area contributed by atoms with Crippen LogP contribution in [0, 0.1) is 26.2 Å². The Labute approximate surface area is 140 Å². The Kier molecular flexibility index (Phi) is 5.54. The Hall–Kier alpha value is -2.87. The molecule has 0 saturated heterocycles. The lowest BCUT2D eigenvalue weighted by atomic mass is 10.1. The minimum Gasteiger partial charge on any atom is -0.466 e. The number of rotatable bonds is 5. The van der Waals surface area contributed by atoms with Crippen LogP contribution in [0.15, 0.2) is 30.3 Å². The monoisotopic (exact) mass is 327 g/mol. The quantitative estimate of drug-likeness (QED) is 0.580. The molecule has 0 N–H and O–H groups in total. The molecule has 24 heavy (non-hydrogen) atoms. The van der Waals surface area contributed by atoms with Crippen molar-refractivity contribution in [1.82, 2.24) is 0 Å². The number of esters is 1. The van der Waals surface area contributed by atoms with Crippen molar-refractivity contribution in [2.75, 3.05) is 6.61 Å². The van der Waals surface area contributed by atoms with Crippen molar-refractivity contribution in [3.63, 3.8) is 0 Å². The predicted molar refractivity (Wildman–Crippen MR) is 89.0 cm³/mol. The van der Waals surface area contributed by atoms with E-state index in [0.29, 0.717) is 17.0 Å². The highest BCUT2D eigenvalue weighted by Crippen LogP contribution is 2.33. The Balaban J connectivity index is 2.35. The van der Waals surface area contributed by atoms with Gasteiger partial charge in [0, 0.05) is 5.56 Å². The van der Waals surface area contributed by atoms with Gasteiger partial charge in [0.25, 0.3) is 0 Å². The summed E-state index contributed by atoms with van der Waals surface area (Å²) in [6, 6.07) is 8.25. The maximum atomic E-state index is 14.7. The van der Waals surface area contributed by atoms with Crippen LogP contribution < -0.4 is 4.74 Å². The second-order valence-corrected chi connectivity index (χ2v) is 5.38. The van der Waals surface area contributed by atoms with Gasteiger partial charge in [0.2, 0.25) is 0 Å². The zero-order valence-electron chi connectivity index (χ0n) is 13.9. The average Bonchev–Trinajstić information content (AvgIpc) is 2.54. The fourth-order valence-electron chi connectivity index (χ4n) is 2.29. The molecule has 5 heteroatoms. The van der Waals surface area contributed by atoms with Gasteiger partial charge in [0.1, 0.15) is 5.75 Å². The minimum absolute atomic E-state index is 0.0540. The molecule has 0 fully saturated rings. The molecule has 4 nitrogen and oxygen atoms in total. The third-order valence-corrected chi connectivity index (χ3v) is 3.40. The van der Waals surface area contributed by atoms with Crippen molar-refractivity contribution in [1.29, 1.82) is 0 Å². The van der Waals surface area contributed by atoms with Crippen LogP contribution in [0.2, 0.25) is 0 Å². The zero-order chi connectivity index (χ0) is 17.7. The largest absolute Gasteiger partial charge is 0.466 e. The number of carbonyl (C=O) groups excluding carboxylic acids is 1. The molecule has 0 bridgehead atoms. The summed E-state index contributed by atoms with van der Waals surface area (Å²) in [6.07, 6.45) is -0.155. The second-order valence-electron chi connectivity index (χ2n) is 5.38. The number of nitrogens with zero attached hydrogens (tertiary/aromatic N) is 1. The molecule has 0 heterocycles. The molecule has 2 aromatic rings. The van der Waals surface area contributed by atoms with Crippen molar-refractivity contribution >= 4 is 11.7 Å². The van der Waals surface area contributed by atoms with E-state index in [2.05, 4.69) is 4.85 Å². The van der Waals surface area contributed by atoms with Gasteiger partial charge in [-0.25, -0.2) is 9.24 Å². The number of hydrogen-bond donors (Lipinski definition) is 0. The lowest BCUT2D eigenvalue weighted by molar-refractivity contribution is -0.142. The third kappa shape index (κ3) is 4.11. The fraction of sp³-hybridized carbons (Fsp3) is 0.263. The molecule has 0 aliphatic rings. The number of hydrogen-bond acceptors (Lipinski definition) is 3. The van der Waals surface area contributed by atoms with Crippen molar-refractivity contribution in [3.8, 4) is 11.5 Å². The Bertz CT molecular complexity index is 809. The molecule has 124 valence electrons. The van der Waals surface area contributed by atoms with Gasteiger partial charge in [-0.1, -0.05) is 23.8 Å². The predicted octanol–water partition coefficient (Wildman–Crippen LogP) is 4.89. The third-order valence-electron chi connectivity index (χ3n) is 3.40. The molecule has 0 amide bonds. The fourth-order valence-corrected chi connectivity index (χ4v) is 2.29. The van der Waals surface area contributed by atoms with E-state index in [4.69, 9.17) is 16.0 Å². The SMILES string of the molecule is [C-]#[N+]c1cc(C)cc(Oc2c(C)ccc(CC(=O)OCC)c2F)c1. The first-order chi connectivity index (χ1) is 11.4. The van der Waals surface area contributed by atoms with Gasteiger partial charge in [-0.2, -0.15) is 0 Å². The molecule has 0 aliphatic carbocycles. The first-order valence-corrected chi connectivity index (χ1v) is 7.55. The van der Waals surface area contributed by atoms with Gasteiger partial charge in [0.05, 0.1) is 19.6 Å². The first-order valence-electron chi connectivity index (χ1n) is 7.55. The molecule has 0 saturated carbocycles. The van der Waals surface area contributed by atoms with Crippen molar-refractivity contribution in [3.05, 3.63) is 64.3 Å². The summed E-state index contributed by atoms with van der Waals surface area (Å²) >= 11 is 0. The molecule has 0 aromatic heterocycles. The van der Waals surface area contributed by atoms with Crippen molar-refractivity contribution < 1.29 is 18.7 Å². The van der Waals surface area contributed by atoms with Crippen LogP contribution in [0.5, 0.6) is 11.5 Å². The number of carbonyl (C=O) groups is 1. The van der Waals surface area contributed by atoms with Gasteiger partial charge in [-0.3, -0.25) is 4.79 Å². The van der Waals surface area contributed by atoms with E-state index in [1.165, 1.54) is 0 Å². The minimum atomic E-state index is -0.589. The lowest BCUT2D eigenvalue weighted by Crippen LogP contribution is -2.09. The molecule has 2 aromatic carbocycles. The van der Waals surface area contributed by atoms with Crippen LogP contribution in [-0.2, 0) is 16.0 Å². The van der Waals surface area contributed by atoms with Gasteiger partial charge in [-0.05, 0) is 38.5 Å². The topological polar surface area (TPSA) is 39.9 Å². The number of ether oxygens (including phenoxy) is 2. The molecular formula is C19H18FNO3. The average molecular weight is 327 g/mol. The first kappa shape index (κ1) is 17.5. The Morgan fingerprint density at radius 2 is 2.00 bits per heavy atom. The lowest BCUT2D eigenvalue weighted by Gasteiger charge is -2.13. The Morgan fingerprint density at radius 3 is 2.67 bits per heavy atom. The zero-order valence-corrected chi connectivity index (χ0v) is 13.9. The molecule has 0 unspecified atom stereocenters. The van der Waals surface area contributed by atoms with Crippen LogP contribution in [0.3, 0.4) is 0 Å². The highest BCUT2D eigenvalue weighted by atomic mass is 19.1. The maximum absolute atomic E-state index is 14.7. The van der Waals surface area contributed by atoms with Gasteiger partial charge >= 0.3 is 5.97 Å². The highest BCUT2D eigenvalue weighted by molar-refractivity contribution is 5.73. The van der Waals surface area contributed by atoms with Crippen molar-refractivity contribution in [2.24, 2.45) is 0 Å². The number of aryl methyl sites for hydroxylation is 2.